The zero-order valence-corrected chi connectivity index (χ0v) is 13.0. The molecule has 0 bridgehead atoms. The van der Waals surface area contributed by atoms with Crippen LogP contribution in [0.25, 0.3) is 0 Å². The Bertz CT molecular complexity index is 414. The summed E-state index contributed by atoms with van der Waals surface area (Å²) in [6, 6.07) is 6.58. The fourth-order valence-corrected chi connectivity index (χ4v) is 2.75. The van der Waals surface area contributed by atoms with Gasteiger partial charge in [0, 0.05) is 44.8 Å². The van der Waals surface area contributed by atoms with Crippen LogP contribution in [0.5, 0.6) is 5.75 Å². The highest BCUT2D eigenvalue weighted by molar-refractivity contribution is 5.37. The van der Waals surface area contributed by atoms with E-state index in [0.29, 0.717) is 0 Å². The van der Waals surface area contributed by atoms with E-state index in [-0.39, 0.29) is 0 Å². The number of benzene rings is 1. The minimum atomic E-state index is 0.846. The highest BCUT2D eigenvalue weighted by atomic mass is 16.5. The first-order valence-electron chi connectivity index (χ1n) is 7.52. The first-order chi connectivity index (χ1) is 9.76. The number of nitrogens with one attached hydrogen (secondary N) is 1. The Morgan fingerprint density at radius 2 is 1.85 bits per heavy atom. The van der Waals surface area contributed by atoms with Crippen molar-refractivity contribution < 1.29 is 4.74 Å². The van der Waals surface area contributed by atoms with Crippen LogP contribution >= 0.6 is 0 Å². The molecule has 1 aromatic carbocycles. The van der Waals surface area contributed by atoms with Crippen LogP contribution < -0.4 is 10.1 Å². The van der Waals surface area contributed by atoms with Gasteiger partial charge in [-0.05, 0) is 25.2 Å². The molecule has 2 rings (SSSR count). The molecule has 4 nitrogen and oxygen atoms in total. The van der Waals surface area contributed by atoms with Crippen molar-refractivity contribution in [3.8, 4) is 5.75 Å². The molecule has 0 atom stereocenters. The minimum Gasteiger partial charge on any atom is -0.496 e. The first kappa shape index (κ1) is 15.3. The molecule has 0 aliphatic carbocycles. The van der Waals surface area contributed by atoms with E-state index < -0.39 is 0 Å². The molecule has 1 N–H and O–H groups in total. The molecular formula is C16H27N3O. The maximum Gasteiger partial charge on any atom is 0.123 e. The lowest BCUT2D eigenvalue weighted by atomic mass is 10.1. The minimum absolute atomic E-state index is 0.846. The van der Waals surface area contributed by atoms with Crippen LogP contribution in [0.3, 0.4) is 0 Å². The summed E-state index contributed by atoms with van der Waals surface area (Å²) >= 11 is 0. The maximum absolute atomic E-state index is 5.50. The van der Waals surface area contributed by atoms with Crippen molar-refractivity contribution >= 4 is 0 Å². The molecule has 112 valence electrons. The van der Waals surface area contributed by atoms with Gasteiger partial charge in [0.2, 0.25) is 0 Å². The molecule has 0 amide bonds. The van der Waals surface area contributed by atoms with E-state index in [1.54, 1.807) is 7.11 Å². The van der Waals surface area contributed by atoms with Crippen LogP contribution in [0.1, 0.15) is 18.1 Å². The largest absolute Gasteiger partial charge is 0.496 e. The van der Waals surface area contributed by atoms with Gasteiger partial charge in [0.1, 0.15) is 5.75 Å². The predicted molar refractivity (Wildman–Crippen MR) is 83.1 cm³/mol. The third-order valence-corrected chi connectivity index (χ3v) is 4.04. The van der Waals surface area contributed by atoms with E-state index in [1.807, 2.05) is 7.05 Å². The molecule has 0 unspecified atom stereocenters. The van der Waals surface area contributed by atoms with Crippen molar-refractivity contribution in [3.05, 3.63) is 29.3 Å². The van der Waals surface area contributed by atoms with Crippen molar-refractivity contribution in [3.63, 3.8) is 0 Å². The average Bonchev–Trinajstić information content (AvgIpc) is 2.50. The lowest BCUT2D eigenvalue weighted by Crippen LogP contribution is -2.45. The SMILES string of the molecule is CCN1CCN(Cc2ccc(CNC)c(OC)c2)CC1. The van der Waals surface area contributed by atoms with Crippen LogP contribution in [0, 0.1) is 0 Å². The summed E-state index contributed by atoms with van der Waals surface area (Å²) in [5.74, 6) is 0.990. The maximum atomic E-state index is 5.50. The van der Waals surface area contributed by atoms with E-state index in [1.165, 1.54) is 30.8 Å². The molecule has 0 aromatic heterocycles. The highest BCUT2D eigenvalue weighted by Crippen LogP contribution is 2.21. The zero-order chi connectivity index (χ0) is 14.4. The lowest BCUT2D eigenvalue weighted by molar-refractivity contribution is 0.132. The molecule has 4 heteroatoms. The Morgan fingerprint density at radius 1 is 1.15 bits per heavy atom. The van der Waals surface area contributed by atoms with E-state index >= 15 is 0 Å². The molecule has 1 aliphatic rings. The Morgan fingerprint density at radius 3 is 2.45 bits per heavy atom. The number of hydrogen-bond acceptors (Lipinski definition) is 4. The quantitative estimate of drug-likeness (QED) is 0.854. The number of ether oxygens (including phenoxy) is 1. The van der Waals surface area contributed by atoms with Crippen molar-refractivity contribution in [1.29, 1.82) is 0 Å². The Balaban J connectivity index is 1.96. The van der Waals surface area contributed by atoms with Gasteiger partial charge >= 0.3 is 0 Å². The summed E-state index contributed by atoms with van der Waals surface area (Å²) in [7, 11) is 3.71. The van der Waals surface area contributed by atoms with Gasteiger partial charge in [-0.25, -0.2) is 0 Å². The molecule has 1 aromatic rings. The molecule has 20 heavy (non-hydrogen) atoms. The number of nitrogens with zero attached hydrogens (tertiary/aromatic N) is 2. The number of methoxy groups -OCH3 is 1. The van der Waals surface area contributed by atoms with Gasteiger partial charge in [0.15, 0.2) is 0 Å². The molecule has 0 spiro atoms. The molecular weight excluding hydrogens is 250 g/mol. The molecule has 1 heterocycles. The van der Waals surface area contributed by atoms with Gasteiger partial charge in [0.05, 0.1) is 7.11 Å². The van der Waals surface area contributed by atoms with Crippen molar-refractivity contribution in [1.82, 2.24) is 15.1 Å². The summed E-state index contributed by atoms with van der Waals surface area (Å²) in [5, 5.41) is 3.17. The molecule has 0 radical (unpaired) electrons. The highest BCUT2D eigenvalue weighted by Gasteiger charge is 2.16. The summed E-state index contributed by atoms with van der Waals surface area (Å²) in [5.41, 5.74) is 2.56. The van der Waals surface area contributed by atoms with Crippen molar-refractivity contribution in [2.75, 3.05) is 46.9 Å². The molecule has 0 saturated carbocycles. The number of rotatable bonds is 6. The standard InChI is InChI=1S/C16H27N3O/c1-4-18-7-9-19(10-8-18)13-14-5-6-15(12-17-2)16(11-14)20-3/h5-6,11,17H,4,7-10,12-13H2,1-3H3. The first-order valence-corrected chi connectivity index (χ1v) is 7.52. The van der Waals surface area contributed by atoms with Crippen molar-refractivity contribution in [2.24, 2.45) is 0 Å². The van der Waals surface area contributed by atoms with E-state index in [2.05, 4.69) is 40.2 Å². The van der Waals surface area contributed by atoms with Gasteiger partial charge in [-0.1, -0.05) is 19.1 Å². The van der Waals surface area contributed by atoms with E-state index in [9.17, 15) is 0 Å². The normalized spacial score (nSPS) is 17.4. The second-order valence-electron chi connectivity index (χ2n) is 5.39. The monoisotopic (exact) mass is 277 g/mol. The average molecular weight is 277 g/mol. The smallest absolute Gasteiger partial charge is 0.123 e. The van der Waals surface area contributed by atoms with Crippen molar-refractivity contribution in [2.45, 2.75) is 20.0 Å². The fraction of sp³-hybridized carbons (Fsp3) is 0.625. The van der Waals surface area contributed by atoms with Crippen LogP contribution in [0.15, 0.2) is 18.2 Å². The van der Waals surface area contributed by atoms with Crippen LogP contribution in [-0.4, -0.2) is 56.7 Å². The van der Waals surface area contributed by atoms with Gasteiger partial charge < -0.3 is 15.0 Å². The predicted octanol–water partition coefficient (Wildman–Crippen LogP) is 1.55. The van der Waals surface area contributed by atoms with Gasteiger partial charge in [-0.2, -0.15) is 0 Å². The molecule has 1 saturated heterocycles. The number of piperazine rings is 1. The van der Waals surface area contributed by atoms with Gasteiger partial charge in [0.25, 0.3) is 0 Å². The summed E-state index contributed by atoms with van der Waals surface area (Å²) in [4.78, 5) is 5.03. The summed E-state index contributed by atoms with van der Waals surface area (Å²) < 4.78 is 5.50. The zero-order valence-electron chi connectivity index (χ0n) is 13.0. The third kappa shape index (κ3) is 3.95. The Labute approximate surface area is 122 Å². The Kier molecular flexibility index (Phi) is 5.83. The second-order valence-corrected chi connectivity index (χ2v) is 5.39. The molecule has 1 fully saturated rings. The third-order valence-electron chi connectivity index (χ3n) is 4.04. The van der Waals surface area contributed by atoms with Gasteiger partial charge in [-0.15, -0.1) is 0 Å². The number of hydrogen-bond donors (Lipinski definition) is 1. The van der Waals surface area contributed by atoms with E-state index in [0.717, 1.165) is 31.9 Å². The Hall–Kier alpha value is -1.10. The summed E-state index contributed by atoms with van der Waals surface area (Å²) in [6.07, 6.45) is 0. The van der Waals surface area contributed by atoms with Crippen LogP contribution in [0.4, 0.5) is 0 Å². The fourth-order valence-electron chi connectivity index (χ4n) is 2.75. The van der Waals surface area contributed by atoms with E-state index in [4.69, 9.17) is 4.74 Å². The summed E-state index contributed by atoms with van der Waals surface area (Å²) in [6.45, 7) is 9.97. The second kappa shape index (κ2) is 7.62. The molecule has 1 aliphatic heterocycles. The number of likely N-dealkylation sites (N-methyl/N-ethyl adjacent to an activating group) is 1. The van der Waals surface area contributed by atoms with Crippen LogP contribution in [0.2, 0.25) is 0 Å². The van der Waals surface area contributed by atoms with Crippen LogP contribution in [-0.2, 0) is 13.1 Å². The van der Waals surface area contributed by atoms with Gasteiger partial charge in [-0.3, -0.25) is 4.90 Å². The lowest BCUT2D eigenvalue weighted by Gasteiger charge is -2.34. The topological polar surface area (TPSA) is 27.7 Å².